The van der Waals surface area contributed by atoms with Gasteiger partial charge in [0.2, 0.25) is 15.9 Å². The van der Waals surface area contributed by atoms with Crippen LogP contribution in [0.2, 0.25) is 0 Å². The predicted molar refractivity (Wildman–Crippen MR) is 122 cm³/mol. The van der Waals surface area contributed by atoms with Gasteiger partial charge in [-0.1, -0.05) is 6.07 Å². The van der Waals surface area contributed by atoms with Gasteiger partial charge in [0.15, 0.2) is 5.75 Å². The molecule has 0 saturated carbocycles. The largest absolute Gasteiger partial charge is 0.492 e. The number of amides is 1. The Balaban J connectivity index is 1.69. The third kappa shape index (κ3) is 5.99. The van der Waals surface area contributed by atoms with Gasteiger partial charge in [-0.25, -0.2) is 8.42 Å². The molecule has 2 aromatic rings. The second-order valence-corrected chi connectivity index (χ2v) is 9.49. The van der Waals surface area contributed by atoms with E-state index in [1.54, 1.807) is 26.0 Å². The molecule has 2 aromatic carbocycles. The summed E-state index contributed by atoms with van der Waals surface area (Å²) in [4.78, 5) is 23.0. The Morgan fingerprint density at radius 1 is 1.12 bits per heavy atom. The summed E-state index contributed by atoms with van der Waals surface area (Å²) in [6, 6.07) is 8.98. The lowest BCUT2D eigenvalue weighted by Crippen LogP contribution is -2.28. The molecular formula is C22H27N3O7S. The van der Waals surface area contributed by atoms with Gasteiger partial charge in [0.25, 0.3) is 0 Å². The highest BCUT2D eigenvalue weighted by atomic mass is 32.2. The van der Waals surface area contributed by atoms with Crippen LogP contribution in [0.15, 0.2) is 41.3 Å². The van der Waals surface area contributed by atoms with E-state index in [1.165, 1.54) is 28.6 Å². The molecule has 0 unspecified atom stereocenters. The van der Waals surface area contributed by atoms with Crippen molar-refractivity contribution in [3.8, 4) is 11.5 Å². The minimum absolute atomic E-state index is 0.00989. The van der Waals surface area contributed by atoms with Crippen LogP contribution in [0.4, 0.5) is 11.4 Å². The Morgan fingerprint density at radius 2 is 1.85 bits per heavy atom. The zero-order valence-electron chi connectivity index (χ0n) is 18.6. The molecule has 33 heavy (non-hydrogen) atoms. The van der Waals surface area contributed by atoms with Gasteiger partial charge in [-0.3, -0.25) is 14.9 Å². The number of carbonyl (C=O) groups excluding carboxylic acids is 1. The van der Waals surface area contributed by atoms with Crippen molar-refractivity contribution in [3.63, 3.8) is 0 Å². The first-order valence-corrected chi connectivity index (χ1v) is 12.1. The molecule has 1 amide bonds. The SMILES string of the molecule is CCOc1ccc(NC(=O)CCOc2cc(C)ccc2[N+](=O)[O-])cc1S(=O)(=O)N1CCCC1. The first-order valence-electron chi connectivity index (χ1n) is 10.7. The first-order chi connectivity index (χ1) is 15.7. The molecule has 0 bridgehead atoms. The molecule has 0 atom stereocenters. The summed E-state index contributed by atoms with van der Waals surface area (Å²) in [6.45, 7) is 4.67. The highest BCUT2D eigenvalue weighted by Gasteiger charge is 2.30. The van der Waals surface area contributed by atoms with E-state index in [0.29, 0.717) is 25.4 Å². The van der Waals surface area contributed by atoms with Crippen molar-refractivity contribution in [3.05, 3.63) is 52.1 Å². The number of hydrogen-bond acceptors (Lipinski definition) is 7. The number of nitro groups is 1. The average Bonchev–Trinajstić information content (AvgIpc) is 3.31. The summed E-state index contributed by atoms with van der Waals surface area (Å²) in [5.74, 6) is -0.0932. The molecule has 10 nitrogen and oxygen atoms in total. The van der Waals surface area contributed by atoms with Gasteiger partial charge in [0.1, 0.15) is 10.6 Å². The Hall–Kier alpha value is -3.18. The fourth-order valence-electron chi connectivity index (χ4n) is 3.49. The smallest absolute Gasteiger partial charge is 0.310 e. The van der Waals surface area contributed by atoms with Crippen LogP contribution >= 0.6 is 0 Å². The van der Waals surface area contributed by atoms with E-state index in [0.717, 1.165) is 18.4 Å². The number of hydrogen-bond donors (Lipinski definition) is 1. The van der Waals surface area contributed by atoms with Crippen LogP contribution in [-0.2, 0) is 14.8 Å². The number of nitro benzene ring substituents is 1. The Bertz CT molecular complexity index is 1130. The summed E-state index contributed by atoms with van der Waals surface area (Å²) >= 11 is 0. The Morgan fingerprint density at radius 3 is 2.52 bits per heavy atom. The molecule has 1 aliphatic heterocycles. The summed E-state index contributed by atoms with van der Waals surface area (Å²) in [6.07, 6.45) is 1.53. The number of benzene rings is 2. The zero-order chi connectivity index (χ0) is 24.0. The molecule has 3 rings (SSSR count). The van der Waals surface area contributed by atoms with Gasteiger partial charge in [-0.15, -0.1) is 0 Å². The lowest BCUT2D eigenvalue weighted by Gasteiger charge is -2.19. The van der Waals surface area contributed by atoms with Crippen LogP contribution in [0.1, 0.15) is 31.7 Å². The highest BCUT2D eigenvalue weighted by molar-refractivity contribution is 7.89. The van der Waals surface area contributed by atoms with Crippen LogP contribution in [-0.4, -0.2) is 49.9 Å². The second-order valence-electron chi connectivity index (χ2n) is 7.58. The lowest BCUT2D eigenvalue weighted by molar-refractivity contribution is -0.385. The molecule has 1 heterocycles. The molecule has 11 heteroatoms. The van der Waals surface area contributed by atoms with E-state index >= 15 is 0 Å². The molecule has 0 spiro atoms. The third-order valence-corrected chi connectivity index (χ3v) is 7.03. The summed E-state index contributed by atoms with van der Waals surface area (Å²) in [7, 11) is -3.75. The number of ether oxygens (including phenoxy) is 2. The summed E-state index contributed by atoms with van der Waals surface area (Å²) in [5.41, 5.74) is 0.924. The fourth-order valence-corrected chi connectivity index (χ4v) is 5.17. The van der Waals surface area contributed by atoms with Gasteiger partial charge in [0.05, 0.1) is 24.6 Å². The van der Waals surface area contributed by atoms with Crippen molar-refractivity contribution in [1.82, 2.24) is 4.31 Å². The molecule has 1 fully saturated rings. The van der Waals surface area contributed by atoms with Crippen molar-refractivity contribution in [2.24, 2.45) is 0 Å². The minimum Gasteiger partial charge on any atom is -0.492 e. The maximum Gasteiger partial charge on any atom is 0.310 e. The quantitative estimate of drug-likeness (QED) is 0.410. The molecule has 1 saturated heterocycles. The van der Waals surface area contributed by atoms with Crippen LogP contribution in [0, 0.1) is 17.0 Å². The standard InChI is InChI=1S/C22H27N3O7S/c1-3-31-19-9-7-17(15-21(19)33(29,30)24-11-4-5-12-24)23-22(26)10-13-32-20-14-16(2)6-8-18(20)25(27)28/h6-9,14-15H,3-5,10-13H2,1-2H3,(H,23,26). The minimum atomic E-state index is -3.75. The van der Waals surface area contributed by atoms with Crippen molar-refractivity contribution >= 4 is 27.3 Å². The first kappa shape index (κ1) is 24.5. The molecule has 0 aromatic heterocycles. The van der Waals surface area contributed by atoms with Crippen LogP contribution in [0.25, 0.3) is 0 Å². The Labute approximate surface area is 192 Å². The van der Waals surface area contributed by atoms with Gasteiger partial charge in [-0.2, -0.15) is 4.31 Å². The zero-order valence-corrected chi connectivity index (χ0v) is 19.4. The van der Waals surface area contributed by atoms with Crippen molar-refractivity contribution < 1.29 is 27.6 Å². The van der Waals surface area contributed by atoms with E-state index < -0.39 is 20.9 Å². The van der Waals surface area contributed by atoms with Crippen LogP contribution < -0.4 is 14.8 Å². The molecule has 0 aliphatic carbocycles. The van der Waals surface area contributed by atoms with Crippen molar-refractivity contribution in [1.29, 1.82) is 0 Å². The molecular weight excluding hydrogens is 450 g/mol. The normalized spacial score (nSPS) is 14.1. The molecule has 178 valence electrons. The van der Waals surface area contributed by atoms with E-state index in [-0.39, 0.29) is 35.1 Å². The maximum absolute atomic E-state index is 13.1. The molecule has 0 radical (unpaired) electrons. The van der Waals surface area contributed by atoms with E-state index in [2.05, 4.69) is 5.32 Å². The van der Waals surface area contributed by atoms with Gasteiger partial charge in [0, 0.05) is 24.8 Å². The van der Waals surface area contributed by atoms with E-state index in [9.17, 15) is 23.3 Å². The predicted octanol–water partition coefficient (Wildman–Crippen LogP) is 3.49. The summed E-state index contributed by atoms with van der Waals surface area (Å²) < 4.78 is 38.5. The number of nitrogens with one attached hydrogen (secondary N) is 1. The molecule has 1 N–H and O–H groups in total. The fraction of sp³-hybridized carbons (Fsp3) is 0.409. The third-order valence-electron chi connectivity index (χ3n) is 5.11. The number of nitrogens with zero attached hydrogens (tertiary/aromatic N) is 2. The van der Waals surface area contributed by atoms with E-state index in [4.69, 9.17) is 9.47 Å². The number of aryl methyl sites for hydroxylation is 1. The number of carbonyl (C=O) groups is 1. The monoisotopic (exact) mass is 477 g/mol. The van der Waals surface area contributed by atoms with E-state index in [1.807, 2.05) is 0 Å². The maximum atomic E-state index is 13.1. The number of sulfonamides is 1. The topological polar surface area (TPSA) is 128 Å². The van der Waals surface area contributed by atoms with Gasteiger partial charge >= 0.3 is 5.69 Å². The number of anilines is 1. The summed E-state index contributed by atoms with van der Waals surface area (Å²) in [5, 5.41) is 13.8. The average molecular weight is 478 g/mol. The van der Waals surface area contributed by atoms with Crippen LogP contribution in [0.5, 0.6) is 11.5 Å². The number of rotatable bonds is 10. The Kier molecular flexibility index (Phi) is 7.88. The van der Waals surface area contributed by atoms with Crippen LogP contribution in [0.3, 0.4) is 0 Å². The van der Waals surface area contributed by atoms with Crippen molar-refractivity contribution in [2.45, 2.75) is 38.0 Å². The highest BCUT2D eigenvalue weighted by Crippen LogP contribution is 2.32. The van der Waals surface area contributed by atoms with Gasteiger partial charge < -0.3 is 14.8 Å². The second kappa shape index (κ2) is 10.6. The van der Waals surface area contributed by atoms with Gasteiger partial charge in [-0.05, 0) is 56.5 Å². The molecule has 1 aliphatic rings. The lowest BCUT2D eigenvalue weighted by atomic mass is 10.2. The van der Waals surface area contributed by atoms with Crippen molar-refractivity contribution in [2.75, 3.05) is 31.6 Å².